The van der Waals surface area contributed by atoms with Gasteiger partial charge in [0.05, 0.1) is 23.8 Å². The maximum atomic E-state index is 12.8. The van der Waals surface area contributed by atoms with Gasteiger partial charge in [-0.25, -0.2) is 0 Å². The minimum absolute atomic E-state index is 0.0440. The summed E-state index contributed by atoms with van der Waals surface area (Å²) >= 11 is 0. The standard InChI is InChI=1S/C12H12F3NO3/c1-18-6-9(17)7-19-11-3-2-8(5-16)4-10(11)12(13,14)15/h2-4,9,17H,6-7H2,1H3. The monoisotopic (exact) mass is 275 g/mol. The Morgan fingerprint density at radius 1 is 1.37 bits per heavy atom. The van der Waals surface area contributed by atoms with E-state index in [2.05, 4.69) is 4.74 Å². The molecule has 104 valence electrons. The van der Waals surface area contributed by atoms with Crippen LogP contribution in [0.15, 0.2) is 18.2 Å². The van der Waals surface area contributed by atoms with Crippen LogP contribution in [0.2, 0.25) is 0 Å². The first-order valence-corrected chi connectivity index (χ1v) is 5.29. The van der Waals surface area contributed by atoms with Gasteiger partial charge in [0.1, 0.15) is 18.5 Å². The van der Waals surface area contributed by atoms with Crippen molar-refractivity contribution in [2.75, 3.05) is 20.3 Å². The summed E-state index contributed by atoms with van der Waals surface area (Å²) in [5.41, 5.74) is -1.16. The molecule has 1 aromatic carbocycles. The van der Waals surface area contributed by atoms with Crippen LogP contribution in [0.25, 0.3) is 0 Å². The molecule has 0 amide bonds. The highest BCUT2D eigenvalue weighted by Crippen LogP contribution is 2.36. The molecule has 0 aliphatic heterocycles. The highest BCUT2D eigenvalue weighted by atomic mass is 19.4. The number of methoxy groups -OCH3 is 1. The minimum Gasteiger partial charge on any atom is -0.490 e. The molecule has 7 heteroatoms. The lowest BCUT2D eigenvalue weighted by molar-refractivity contribution is -0.139. The lowest BCUT2D eigenvalue weighted by Crippen LogP contribution is -2.23. The number of aliphatic hydroxyl groups is 1. The number of nitriles is 1. The molecule has 0 aliphatic rings. The second-order valence-electron chi connectivity index (χ2n) is 3.74. The number of rotatable bonds is 5. The SMILES string of the molecule is COCC(O)COc1ccc(C#N)cc1C(F)(F)F. The van der Waals surface area contributed by atoms with Crippen molar-refractivity contribution in [1.29, 1.82) is 5.26 Å². The molecule has 1 rings (SSSR count). The Labute approximate surface area is 108 Å². The highest BCUT2D eigenvalue weighted by molar-refractivity contribution is 5.43. The minimum atomic E-state index is -4.63. The third-order valence-electron chi connectivity index (χ3n) is 2.20. The molecule has 0 aromatic heterocycles. The van der Waals surface area contributed by atoms with Crippen LogP contribution in [-0.2, 0) is 10.9 Å². The van der Waals surface area contributed by atoms with Crippen LogP contribution < -0.4 is 4.74 Å². The van der Waals surface area contributed by atoms with E-state index in [-0.39, 0.29) is 18.8 Å². The second-order valence-corrected chi connectivity index (χ2v) is 3.74. The molecule has 1 atom stereocenters. The maximum Gasteiger partial charge on any atom is 0.420 e. The van der Waals surface area contributed by atoms with E-state index in [0.717, 1.165) is 6.07 Å². The zero-order valence-corrected chi connectivity index (χ0v) is 10.1. The molecule has 19 heavy (non-hydrogen) atoms. The van der Waals surface area contributed by atoms with Gasteiger partial charge in [0.15, 0.2) is 0 Å². The predicted octanol–water partition coefficient (Wildman–Crippen LogP) is 1.96. The fourth-order valence-electron chi connectivity index (χ4n) is 1.37. The fraction of sp³-hybridized carbons (Fsp3) is 0.417. The third-order valence-corrected chi connectivity index (χ3v) is 2.20. The number of hydrogen-bond acceptors (Lipinski definition) is 4. The van der Waals surface area contributed by atoms with E-state index >= 15 is 0 Å². The number of nitrogens with zero attached hydrogens (tertiary/aromatic N) is 1. The van der Waals surface area contributed by atoms with Crippen LogP contribution in [0.3, 0.4) is 0 Å². The molecule has 0 bridgehead atoms. The molecule has 0 heterocycles. The Morgan fingerprint density at radius 3 is 2.58 bits per heavy atom. The summed E-state index contributed by atoms with van der Waals surface area (Å²) in [6, 6.07) is 4.61. The molecular formula is C12H12F3NO3. The van der Waals surface area contributed by atoms with Gasteiger partial charge in [-0.15, -0.1) is 0 Å². The molecule has 0 aliphatic carbocycles. The average Bonchev–Trinajstić information content (AvgIpc) is 2.35. The number of benzene rings is 1. The first kappa shape index (κ1) is 15.3. The summed E-state index contributed by atoms with van der Waals surface area (Å²) < 4.78 is 47.8. The smallest absolute Gasteiger partial charge is 0.420 e. The van der Waals surface area contributed by atoms with Gasteiger partial charge in [0.25, 0.3) is 0 Å². The molecule has 0 spiro atoms. The van der Waals surface area contributed by atoms with Crippen molar-refractivity contribution in [3.05, 3.63) is 29.3 Å². The quantitative estimate of drug-likeness (QED) is 0.892. The van der Waals surface area contributed by atoms with E-state index in [4.69, 9.17) is 10.00 Å². The number of halogens is 3. The van der Waals surface area contributed by atoms with Crippen LogP contribution in [0.4, 0.5) is 13.2 Å². The Hall–Kier alpha value is -1.78. The molecule has 0 radical (unpaired) electrons. The van der Waals surface area contributed by atoms with Crippen molar-refractivity contribution in [1.82, 2.24) is 0 Å². The molecular weight excluding hydrogens is 263 g/mol. The fourth-order valence-corrected chi connectivity index (χ4v) is 1.37. The Morgan fingerprint density at radius 2 is 2.05 bits per heavy atom. The molecule has 1 N–H and O–H groups in total. The molecule has 4 nitrogen and oxygen atoms in total. The Bertz CT molecular complexity index is 468. The predicted molar refractivity (Wildman–Crippen MR) is 59.5 cm³/mol. The second kappa shape index (κ2) is 6.41. The van der Waals surface area contributed by atoms with Crippen molar-refractivity contribution >= 4 is 0 Å². The highest BCUT2D eigenvalue weighted by Gasteiger charge is 2.34. The van der Waals surface area contributed by atoms with Gasteiger partial charge in [-0.3, -0.25) is 0 Å². The van der Waals surface area contributed by atoms with E-state index < -0.39 is 23.6 Å². The van der Waals surface area contributed by atoms with Crippen molar-refractivity contribution in [2.24, 2.45) is 0 Å². The summed E-state index contributed by atoms with van der Waals surface area (Å²) in [6.07, 6.45) is -5.66. The lowest BCUT2D eigenvalue weighted by atomic mass is 10.1. The van der Waals surface area contributed by atoms with Gasteiger partial charge in [-0.1, -0.05) is 0 Å². The molecule has 1 unspecified atom stereocenters. The maximum absolute atomic E-state index is 12.8. The zero-order chi connectivity index (χ0) is 14.5. The van der Waals surface area contributed by atoms with Gasteiger partial charge in [0, 0.05) is 7.11 Å². The van der Waals surface area contributed by atoms with Crippen LogP contribution in [0, 0.1) is 11.3 Å². The van der Waals surface area contributed by atoms with E-state index in [1.807, 2.05) is 0 Å². The van der Waals surface area contributed by atoms with Gasteiger partial charge in [-0.05, 0) is 18.2 Å². The first-order chi connectivity index (χ1) is 8.88. The van der Waals surface area contributed by atoms with Gasteiger partial charge < -0.3 is 14.6 Å². The van der Waals surface area contributed by atoms with Gasteiger partial charge >= 0.3 is 6.18 Å². The normalized spacial score (nSPS) is 12.8. The van der Waals surface area contributed by atoms with Crippen LogP contribution in [0.5, 0.6) is 5.75 Å². The van der Waals surface area contributed by atoms with Gasteiger partial charge in [0.2, 0.25) is 0 Å². The molecule has 0 saturated carbocycles. The topological polar surface area (TPSA) is 62.5 Å². The Balaban J connectivity index is 2.91. The van der Waals surface area contributed by atoms with E-state index in [1.165, 1.54) is 13.2 Å². The summed E-state index contributed by atoms with van der Waals surface area (Å²) in [7, 11) is 1.35. The van der Waals surface area contributed by atoms with Crippen LogP contribution in [-0.4, -0.2) is 31.5 Å². The molecule has 0 fully saturated rings. The third kappa shape index (κ3) is 4.43. The first-order valence-electron chi connectivity index (χ1n) is 5.29. The summed E-state index contributed by atoms with van der Waals surface area (Å²) in [5.74, 6) is -0.429. The summed E-state index contributed by atoms with van der Waals surface area (Å²) in [5, 5.41) is 17.9. The van der Waals surface area contributed by atoms with Crippen LogP contribution >= 0.6 is 0 Å². The Kier molecular flexibility index (Phi) is 5.15. The average molecular weight is 275 g/mol. The number of aliphatic hydroxyl groups excluding tert-OH is 1. The molecule has 1 aromatic rings. The van der Waals surface area contributed by atoms with Crippen molar-refractivity contribution < 1.29 is 27.8 Å². The largest absolute Gasteiger partial charge is 0.490 e. The van der Waals surface area contributed by atoms with Gasteiger partial charge in [-0.2, -0.15) is 18.4 Å². The summed E-state index contributed by atoms with van der Waals surface area (Å²) in [6.45, 7) is -0.375. The van der Waals surface area contributed by atoms with E-state index in [0.29, 0.717) is 6.07 Å². The van der Waals surface area contributed by atoms with Crippen molar-refractivity contribution in [3.8, 4) is 11.8 Å². The lowest BCUT2D eigenvalue weighted by Gasteiger charge is -2.16. The summed E-state index contributed by atoms with van der Waals surface area (Å²) in [4.78, 5) is 0. The van der Waals surface area contributed by atoms with Crippen molar-refractivity contribution in [2.45, 2.75) is 12.3 Å². The molecule has 0 saturated heterocycles. The number of hydrogen-bond donors (Lipinski definition) is 1. The van der Waals surface area contributed by atoms with Crippen LogP contribution in [0.1, 0.15) is 11.1 Å². The van der Waals surface area contributed by atoms with E-state index in [1.54, 1.807) is 6.07 Å². The number of ether oxygens (including phenoxy) is 2. The van der Waals surface area contributed by atoms with Crippen molar-refractivity contribution in [3.63, 3.8) is 0 Å². The number of alkyl halides is 3. The zero-order valence-electron chi connectivity index (χ0n) is 10.1. The van der Waals surface area contributed by atoms with E-state index in [9.17, 15) is 18.3 Å².